The summed E-state index contributed by atoms with van der Waals surface area (Å²) in [6.45, 7) is 8.28. The second-order valence-corrected chi connectivity index (χ2v) is 7.46. The second-order valence-electron chi connectivity index (χ2n) is 7.46. The summed E-state index contributed by atoms with van der Waals surface area (Å²) in [4.78, 5) is 32.5. The number of nitrogens with one attached hydrogen (secondary N) is 1. The summed E-state index contributed by atoms with van der Waals surface area (Å²) < 4.78 is 1.97. The molecule has 0 radical (unpaired) electrons. The Morgan fingerprint density at radius 2 is 1.93 bits per heavy atom. The number of hydrogen-bond acceptors (Lipinski definition) is 3. The molecule has 0 saturated carbocycles. The number of aromatic nitrogens is 2. The van der Waals surface area contributed by atoms with Gasteiger partial charge < -0.3 is 14.8 Å². The Kier molecular flexibility index (Phi) is 6.49. The molecule has 0 spiro atoms. The fourth-order valence-electron chi connectivity index (χ4n) is 3.80. The average Bonchev–Trinajstić information content (AvgIpc) is 3.07. The number of hydrogen-bond donors (Lipinski definition) is 1. The van der Waals surface area contributed by atoms with Crippen molar-refractivity contribution in [2.75, 3.05) is 18.4 Å². The van der Waals surface area contributed by atoms with Gasteiger partial charge in [0.15, 0.2) is 11.5 Å². The van der Waals surface area contributed by atoms with Crippen LogP contribution in [0.2, 0.25) is 0 Å². The molecule has 28 heavy (non-hydrogen) atoms. The van der Waals surface area contributed by atoms with Crippen LogP contribution in [-0.4, -0.2) is 39.4 Å². The van der Waals surface area contributed by atoms with E-state index < -0.39 is 0 Å². The Hall–Kier alpha value is -2.63. The highest BCUT2D eigenvalue weighted by molar-refractivity contribution is 6.05. The Labute approximate surface area is 166 Å². The summed E-state index contributed by atoms with van der Waals surface area (Å²) >= 11 is 0. The molecule has 1 aliphatic rings. The molecule has 0 aliphatic carbocycles. The minimum atomic E-state index is -0.243. The maximum absolute atomic E-state index is 13.1. The zero-order chi connectivity index (χ0) is 20.1. The molecular weight excluding hydrogens is 352 g/mol. The van der Waals surface area contributed by atoms with Crippen LogP contribution in [0.5, 0.6) is 0 Å². The van der Waals surface area contributed by atoms with Gasteiger partial charge in [-0.1, -0.05) is 26.0 Å². The third-order valence-corrected chi connectivity index (χ3v) is 5.07. The minimum Gasteiger partial charge on any atom is -0.336 e. The van der Waals surface area contributed by atoms with E-state index in [0.717, 1.165) is 55.6 Å². The van der Waals surface area contributed by atoms with E-state index in [-0.39, 0.29) is 11.8 Å². The largest absolute Gasteiger partial charge is 0.336 e. The number of benzene rings is 1. The predicted molar refractivity (Wildman–Crippen MR) is 111 cm³/mol. The van der Waals surface area contributed by atoms with Gasteiger partial charge in [0.2, 0.25) is 0 Å². The number of imidazole rings is 1. The zero-order valence-electron chi connectivity index (χ0n) is 17.1. The molecule has 6 heteroatoms. The van der Waals surface area contributed by atoms with E-state index in [0.29, 0.717) is 24.6 Å². The minimum absolute atomic E-state index is 0.0681. The summed E-state index contributed by atoms with van der Waals surface area (Å²) in [7, 11) is 0. The van der Waals surface area contributed by atoms with E-state index in [9.17, 15) is 9.59 Å². The number of fused-ring (bicyclic) bond motifs is 1. The third kappa shape index (κ3) is 4.26. The van der Waals surface area contributed by atoms with Crippen LogP contribution in [-0.2, 0) is 13.0 Å². The van der Waals surface area contributed by atoms with Crippen LogP contribution in [0.15, 0.2) is 24.3 Å². The number of amides is 2. The molecule has 6 nitrogen and oxygen atoms in total. The van der Waals surface area contributed by atoms with Crippen molar-refractivity contribution in [1.82, 2.24) is 14.5 Å². The first kappa shape index (κ1) is 20.1. The van der Waals surface area contributed by atoms with Gasteiger partial charge in [0.05, 0.1) is 5.69 Å². The Balaban J connectivity index is 1.92. The lowest BCUT2D eigenvalue weighted by Gasteiger charge is -2.23. The molecule has 1 aromatic heterocycles. The molecule has 0 fully saturated rings. The van der Waals surface area contributed by atoms with Crippen molar-refractivity contribution < 1.29 is 9.59 Å². The van der Waals surface area contributed by atoms with Gasteiger partial charge in [-0.3, -0.25) is 9.59 Å². The number of aryl methyl sites for hydroxylation is 1. The molecule has 2 heterocycles. The molecule has 2 aromatic rings. The SMILES string of the molecule is CCCN(CCC)C(=O)c1nc(C(=O)Nc2cccc(C)c2)c2n1CCCC2. The normalized spacial score (nSPS) is 13.1. The monoisotopic (exact) mass is 382 g/mol. The lowest BCUT2D eigenvalue weighted by Crippen LogP contribution is -2.35. The highest BCUT2D eigenvalue weighted by Crippen LogP contribution is 2.23. The fourth-order valence-corrected chi connectivity index (χ4v) is 3.80. The van der Waals surface area contributed by atoms with Gasteiger partial charge in [0, 0.05) is 25.3 Å². The first-order valence-corrected chi connectivity index (χ1v) is 10.3. The van der Waals surface area contributed by atoms with E-state index in [1.165, 1.54) is 0 Å². The maximum atomic E-state index is 13.1. The molecule has 1 N–H and O–H groups in total. The molecule has 150 valence electrons. The Morgan fingerprint density at radius 1 is 1.18 bits per heavy atom. The average molecular weight is 383 g/mol. The Morgan fingerprint density at radius 3 is 2.61 bits per heavy atom. The number of rotatable bonds is 7. The predicted octanol–water partition coefficient (Wildman–Crippen LogP) is 4.04. The van der Waals surface area contributed by atoms with Crippen LogP contribution in [0.25, 0.3) is 0 Å². The summed E-state index contributed by atoms with van der Waals surface area (Å²) in [5.74, 6) is 0.0975. The zero-order valence-corrected chi connectivity index (χ0v) is 17.1. The molecule has 1 aliphatic heterocycles. The van der Waals surface area contributed by atoms with Gasteiger partial charge in [-0.25, -0.2) is 4.98 Å². The molecule has 0 saturated heterocycles. The van der Waals surface area contributed by atoms with Gasteiger partial charge in [0.1, 0.15) is 0 Å². The van der Waals surface area contributed by atoms with Crippen molar-refractivity contribution >= 4 is 17.5 Å². The van der Waals surface area contributed by atoms with Crippen LogP contribution in [0.3, 0.4) is 0 Å². The molecular formula is C22H30N4O2. The smallest absolute Gasteiger partial charge is 0.289 e. The van der Waals surface area contributed by atoms with Crippen molar-refractivity contribution in [2.45, 2.75) is 59.4 Å². The van der Waals surface area contributed by atoms with E-state index in [4.69, 9.17) is 0 Å². The summed E-state index contributed by atoms with van der Waals surface area (Å²) in [6, 6.07) is 7.69. The number of anilines is 1. The highest BCUT2D eigenvalue weighted by atomic mass is 16.2. The van der Waals surface area contributed by atoms with Gasteiger partial charge in [-0.15, -0.1) is 0 Å². The van der Waals surface area contributed by atoms with Crippen LogP contribution >= 0.6 is 0 Å². The lowest BCUT2D eigenvalue weighted by molar-refractivity contribution is 0.0737. The van der Waals surface area contributed by atoms with E-state index in [1.54, 1.807) is 0 Å². The van der Waals surface area contributed by atoms with Crippen molar-refractivity contribution in [1.29, 1.82) is 0 Å². The number of carbonyl (C=O) groups excluding carboxylic acids is 2. The molecule has 0 unspecified atom stereocenters. The van der Waals surface area contributed by atoms with Crippen molar-refractivity contribution in [3.05, 3.63) is 47.0 Å². The molecule has 0 bridgehead atoms. The molecule has 0 atom stereocenters. The van der Waals surface area contributed by atoms with Gasteiger partial charge >= 0.3 is 0 Å². The van der Waals surface area contributed by atoms with Gasteiger partial charge in [0.25, 0.3) is 11.8 Å². The maximum Gasteiger partial charge on any atom is 0.289 e. The highest BCUT2D eigenvalue weighted by Gasteiger charge is 2.29. The first-order chi connectivity index (χ1) is 13.5. The second kappa shape index (κ2) is 9.04. The first-order valence-electron chi connectivity index (χ1n) is 10.3. The van der Waals surface area contributed by atoms with Crippen molar-refractivity contribution in [3.8, 4) is 0 Å². The summed E-state index contributed by atoms with van der Waals surface area (Å²) in [6.07, 6.45) is 4.60. The lowest BCUT2D eigenvalue weighted by atomic mass is 10.1. The van der Waals surface area contributed by atoms with Crippen LogP contribution in [0.4, 0.5) is 5.69 Å². The molecule has 2 amide bonds. The Bertz CT molecular complexity index is 850. The molecule has 1 aromatic carbocycles. The fraction of sp³-hybridized carbons (Fsp3) is 0.500. The standard InChI is InChI=1S/C22H30N4O2/c1-4-12-25(13-5-2)22(28)20-24-19(18-11-6-7-14-26(18)20)21(27)23-17-10-8-9-16(3)15-17/h8-10,15H,4-7,11-14H2,1-3H3,(H,23,27). The van der Waals surface area contributed by atoms with E-state index >= 15 is 0 Å². The quantitative estimate of drug-likeness (QED) is 0.786. The van der Waals surface area contributed by atoms with Gasteiger partial charge in [-0.05, 0) is 56.7 Å². The number of nitrogens with zero attached hydrogens (tertiary/aromatic N) is 3. The number of carbonyl (C=O) groups is 2. The summed E-state index contributed by atoms with van der Waals surface area (Å²) in [5.41, 5.74) is 3.09. The topological polar surface area (TPSA) is 67.2 Å². The third-order valence-electron chi connectivity index (χ3n) is 5.07. The van der Waals surface area contributed by atoms with Crippen LogP contribution < -0.4 is 5.32 Å². The van der Waals surface area contributed by atoms with Gasteiger partial charge in [-0.2, -0.15) is 0 Å². The van der Waals surface area contributed by atoms with Crippen molar-refractivity contribution in [3.63, 3.8) is 0 Å². The molecule has 3 rings (SSSR count). The van der Waals surface area contributed by atoms with Crippen molar-refractivity contribution in [2.24, 2.45) is 0 Å². The summed E-state index contributed by atoms with van der Waals surface area (Å²) in [5, 5.41) is 2.94. The van der Waals surface area contributed by atoms with E-state index in [2.05, 4.69) is 24.1 Å². The van der Waals surface area contributed by atoms with Crippen LogP contribution in [0.1, 0.15) is 71.9 Å². The van der Waals surface area contributed by atoms with E-state index in [1.807, 2.05) is 40.7 Å². The van der Waals surface area contributed by atoms with Crippen LogP contribution in [0, 0.1) is 6.92 Å².